The van der Waals surface area contributed by atoms with E-state index in [1.807, 2.05) is 12.1 Å². The van der Waals surface area contributed by atoms with Crippen LogP contribution >= 0.6 is 23.2 Å². The molecular formula is C13H13Cl2NO3. The highest BCUT2D eigenvalue weighted by Gasteiger charge is 2.44. The number of methoxy groups -OCH3 is 1. The quantitative estimate of drug-likeness (QED) is 0.869. The first-order valence-electron chi connectivity index (χ1n) is 5.81. The number of rotatable bonds is 4. The third kappa shape index (κ3) is 3.61. The Morgan fingerprint density at radius 1 is 1.32 bits per heavy atom. The molecule has 2 atom stereocenters. The van der Waals surface area contributed by atoms with Gasteiger partial charge in [-0.25, -0.2) is 0 Å². The summed E-state index contributed by atoms with van der Waals surface area (Å²) in [6.07, 6.45) is 0.740. The van der Waals surface area contributed by atoms with Gasteiger partial charge in [-0.3, -0.25) is 9.59 Å². The fraction of sp³-hybridized carbons (Fsp3) is 0.385. The molecule has 1 aliphatic carbocycles. The van der Waals surface area contributed by atoms with Gasteiger partial charge in [0.1, 0.15) is 6.54 Å². The number of halogens is 2. The van der Waals surface area contributed by atoms with Crippen LogP contribution in [0.25, 0.3) is 0 Å². The number of nitrogens with one attached hydrogen (secondary N) is 1. The Hall–Kier alpha value is -1.26. The van der Waals surface area contributed by atoms with Crippen LogP contribution in [0.1, 0.15) is 17.9 Å². The van der Waals surface area contributed by atoms with Crippen molar-refractivity contribution in [2.24, 2.45) is 5.92 Å². The van der Waals surface area contributed by atoms with Gasteiger partial charge in [-0.1, -0.05) is 23.2 Å². The molecule has 6 heteroatoms. The van der Waals surface area contributed by atoms with Gasteiger partial charge in [0.15, 0.2) is 0 Å². The summed E-state index contributed by atoms with van der Waals surface area (Å²) >= 11 is 11.8. The molecule has 0 aliphatic heterocycles. The maximum absolute atomic E-state index is 11.8. The second-order valence-corrected chi connectivity index (χ2v) is 5.32. The van der Waals surface area contributed by atoms with E-state index in [0.29, 0.717) is 10.0 Å². The summed E-state index contributed by atoms with van der Waals surface area (Å²) < 4.78 is 4.46. The van der Waals surface area contributed by atoms with Gasteiger partial charge < -0.3 is 10.1 Å². The Labute approximate surface area is 121 Å². The number of hydrogen-bond acceptors (Lipinski definition) is 3. The van der Waals surface area contributed by atoms with Crippen LogP contribution in [0.4, 0.5) is 0 Å². The van der Waals surface area contributed by atoms with Crippen molar-refractivity contribution in [3.8, 4) is 0 Å². The molecule has 0 bridgehead atoms. The van der Waals surface area contributed by atoms with E-state index in [4.69, 9.17) is 23.2 Å². The summed E-state index contributed by atoms with van der Waals surface area (Å²) in [5.74, 6) is -0.615. The zero-order chi connectivity index (χ0) is 14.0. The van der Waals surface area contributed by atoms with Crippen LogP contribution in [0, 0.1) is 5.92 Å². The number of ether oxygens (including phenoxy) is 1. The van der Waals surface area contributed by atoms with E-state index in [1.165, 1.54) is 7.11 Å². The predicted molar refractivity (Wildman–Crippen MR) is 72.3 cm³/mol. The van der Waals surface area contributed by atoms with Crippen molar-refractivity contribution in [1.29, 1.82) is 0 Å². The van der Waals surface area contributed by atoms with E-state index in [9.17, 15) is 9.59 Å². The van der Waals surface area contributed by atoms with Crippen LogP contribution in [-0.4, -0.2) is 25.5 Å². The van der Waals surface area contributed by atoms with Crippen molar-refractivity contribution >= 4 is 35.1 Å². The summed E-state index contributed by atoms with van der Waals surface area (Å²) in [6.45, 7) is -0.102. The molecule has 0 unspecified atom stereocenters. The first kappa shape index (κ1) is 14.2. The van der Waals surface area contributed by atoms with Crippen LogP contribution in [0.5, 0.6) is 0 Å². The Kier molecular flexibility index (Phi) is 4.32. The number of esters is 1. The van der Waals surface area contributed by atoms with E-state index >= 15 is 0 Å². The fourth-order valence-electron chi connectivity index (χ4n) is 2.00. The predicted octanol–water partition coefficient (Wildman–Crippen LogP) is 2.39. The number of benzene rings is 1. The minimum absolute atomic E-state index is 0.102. The second kappa shape index (κ2) is 5.80. The topological polar surface area (TPSA) is 55.4 Å². The molecule has 0 heterocycles. The molecular weight excluding hydrogens is 289 g/mol. The van der Waals surface area contributed by atoms with Gasteiger partial charge in [0, 0.05) is 16.0 Å². The molecule has 19 heavy (non-hydrogen) atoms. The molecule has 102 valence electrons. The monoisotopic (exact) mass is 301 g/mol. The largest absolute Gasteiger partial charge is 0.468 e. The van der Waals surface area contributed by atoms with Crippen LogP contribution in [0.2, 0.25) is 10.0 Å². The minimum Gasteiger partial charge on any atom is -0.468 e. The highest BCUT2D eigenvalue weighted by atomic mass is 35.5. The first-order valence-corrected chi connectivity index (χ1v) is 6.57. The van der Waals surface area contributed by atoms with Crippen LogP contribution < -0.4 is 5.32 Å². The molecule has 1 amide bonds. The summed E-state index contributed by atoms with van der Waals surface area (Å²) in [5.41, 5.74) is 0.954. The number of carbonyl (C=O) groups is 2. The van der Waals surface area contributed by atoms with E-state index in [-0.39, 0.29) is 24.3 Å². The van der Waals surface area contributed by atoms with Crippen molar-refractivity contribution in [3.63, 3.8) is 0 Å². The van der Waals surface area contributed by atoms with Crippen LogP contribution in [0.15, 0.2) is 18.2 Å². The van der Waals surface area contributed by atoms with Gasteiger partial charge in [0.25, 0.3) is 0 Å². The zero-order valence-electron chi connectivity index (χ0n) is 10.3. The lowest BCUT2D eigenvalue weighted by Gasteiger charge is -2.04. The van der Waals surface area contributed by atoms with E-state index in [1.54, 1.807) is 6.07 Å². The van der Waals surface area contributed by atoms with Gasteiger partial charge >= 0.3 is 5.97 Å². The van der Waals surface area contributed by atoms with E-state index in [2.05, 4.69) is 10.1 Å². The molecule has 1 aromatic carbocycles. The Morgan fingerprint density at radius 3 is 2.53 bits per heavy atom. The van der Waals surface area contributed by atoms with Crippen molar-refractivity contribution in [1.82, 2.24) is 5.32 Å². The average molecular weight is 302 g/mol. The number of amides is 1. The van der Waals surface area contributed by atoms with Gasteiger partial charge in [-0.2, -0.15) is 0 Å². The molecule has 0 spiro atoms. The Balaban J connectivity index is 1.93. The van der Waals surface area contributed by atoms with Gasteiger partial charge in [-0.05, 0) is 36.1 Å². The highest BCUT2D eigenvalue weighted by Crippen LogP contribution is 2.48. The van der Waals surface area contributed by atoms with Gasteiger partial charge in [-0.15, -0.1) is 0 Å². The molecule has 4 nitrogen and oxygen atoms in total. The molecule has 1 N–H and O–H groups in total. The number of carbonyl (C=O) groups excluding carboxylic acids is 2. The maximum atomic E-state index is 11.8. The van der Waals surface area contributed by atoms with Crippen LogP contribution in [-0.2, 0) is 14.3 Å². The van der Waals surface area contributed by atoms with E-state index in [0.717, 1.165) is 12.0 Å². The summed E-state index contributed by atoms with van der Waals surface area (Å²) in [6, 6.07) is 5.28. The zero-order valence-corrected chi connectivity index (χ0v) is 11.8. The fourth-order valence-corrected chi connectivity index (χ4v) is 2.55. The molecule has 1 saturated carbocycles. The van der Waals surface area contributed by atoms with E-state index < -0.39 is 5.97 Å². The lowest BCUT2D eigenvalue weighted by molar-refractivity contribution is -0.141. The molecule has 0 saturated heterocycles. The third-order valence-electron chi connectivity index (χ3n) is 3.07. The molecule has 1 fully saturated rings. The lowest BCUT2D eigenvalue weighted by Crippen LogP contribution is -2.31. The highest BCUT2D eigenvalue weighted by molar-refractivity contribution is 6.34. The summed E-state index contributed by atoms with van der Waals surface area (Å²) in [4.78, 5) is 22.7. The first-order chi connectivity index (χ1) is 9.01. The smallest absolute Gasteiger partial charge is 0.325 e. The van der Waals surface area contributed by atoms with Crippen molar-refractivity contribution < 1.29 is 14.3 Å². The number of hydrogen-bond donors (Lipinski definition) is 1. The Morgan fingerprint density at radius 2 is 1.95 bits per heavy atom. The van der Waals surface area contributed by atoms with Crippen molar-refractivity contribution in [2.45, 2.75) is 12.3 Å². The van der Waals surface area contributed by atoms with Crippen molar-refractivity contribution in [2.75, 3.05) is 13.7 Å². The average Bonchev–Trinajstić information content (AvgIpc) is 3.14. The van der Waals surface area contributed by atoms with Crippen molar-refractivity contribution in [3.05, 3.63) is 33.8 Å². The van der Waals surface area contributed by atoms with Gasteiger partial charge in [0.05, 0.1) is 7.11 Å². The summed E-state index contributed by atoms with van der Waals surface area (Å²) in [5, 5.41) is 3.66. The SMILES string of the molecule is COC(=O)CNC(=O)[C@H]1C[C@@H]1c1cc(Cl)cc(Cl)c1. The summed E-state index contributed by atoms with van der Waals surface area (Å²) in [7, 11) is 1.28. The standard InChI is InChI=1S/C13H13Cl2NO3/c1-19-12(17)6-16-13(18)11-5-10(11)7-2-8(14)4-9(15)3-7/h2-4,10-11H,5-6H2,1H3,(H,16,18)/t10-,11+/m1/s1. The normalized spacial score (nSPS) is 20.8. The van der Waals surface area contributed by atoms with Gasteiger partial charge in [0.2, 0.25) is 5.91 Å². The second-order valence-electron chi connectivity index (χ2n) is 4.45. The Bertz CT molecular complexity index is 498. The molecule has 0 aromatic heterocycles. The third-order valence-corrected chi connectivity index (χ3v) is 3.51. The van der Waals surface area contributed by atoms with Crippen LogP contribution in [0.3, 0.4) is 0 Å². The molecule has 2 rings (SSSR count). The maximum Gasteiger partial charge on any atom is 0.325 e. The molecule has 1 aliphatic rings. The lowest BCUT2D eigenvalue weighted by atomic mass is 10.1. The minimum atomic E-state index is -0.462. The molecule has 1 aromatic rings. The molecule has 0 radical (unpaired) electrons.